The molecule has 2 heterocycles. The summed E-state index contributed by atoms with van der Waals surface area (Å²) in [6.45, 7) is 26.9. The van der Waals surface area contributed by atoms with Crippen molar-refractivity contribution in [2.45, 2.75) is 105 Å². The van der Waals surface area contributed by atoms with Crippen molar-refractivity contribution in [1.82, 2.24) is 0 Å². The minimum atomic E-state index is 0.0649. The third kappa shape index (κ3) is 8.07. The van der Waals surface area contributed by atoms with Gasteiger partial charge in [0.05, 0.1) is 22.8 Å². The minimum Gasteiger partial charge on any atom is -0.226 e. The van der Waals surface area contributed by atoms with Gasteiger partial charge < -0.3 is 0 Å². The van der Waals surface area contributed by atoms with E-state index < -0.39 is 0 Å². The van der Waals surface area contributed by atoms with Gasteiger partial charge in [-0.25, -0.2) is 20.0 Å². The van der Waals surface area contributed by atoms with Crippen molar-refractivity contribution >= 4 is 34.5 Å². The van der Waals surface area contributed by atoms with Crippen molar-refractivity contribution in [3.05, 3.63) is 176 Å². The van der Waals surface area contributed by atoms with Crippen LogP contribution in [0.2, 0.25) is 0 Å². The fourth-order valence-corrected chi connectivity index (χ4v) is 7.03. The van der Waals surface area contributed by atoms with Crippen LogP contribution in [0.25, 0.3) is 11.6 Å². The summed E-state index contributed by atoms with van der Waals surface area (Å²) >= 11 is 0. The quantitative estimate of drug-likeness (QED) is 0.176. The van der Waals surface area contributed by atoms with Gasteiger partial charge in [-0.05, 0) is 43.9 Å². The van der Waals surface area contributed by atoms with Gasteiger partial charge in [0.25, 0.3) is 0 Å². The maximum Gasteiger partial charge on any atom is 0.160 e. The molecule has 56 heavy (non-hydrogen) atoms. The van der Waals surface area contributed by atoms with Crippen molar-refractivity contribution in [2.24, 2.45) is 20.0 Å². The predicted molar refractivity (Wildman–Crippen MR) is 239 cm³/mol. The Hall–Kier alpha value is -5.48. The number of rotatable bonds is 4. The summed E-state index contributed by atoms with van der Waals surface area (Å²) < 4.78 is 0. The fraction of sp³-hybridized carbons (Fsp3) is 0.308. The van der Waals surface area contributed by atoms with Gasteiger partial charge in [0.2, 0.25) is 0 Å². The summed E-state index contributed by atoms with van der Waals surface area (Å²) in [5.74, 6) is 1.40. The number of benzene rings is 5. The van der Waals surface area contributed by atoms with Gasteiger partial charge in [0.15, 0.2) is 11.6 Å². The monoisotopic (exact) mass is 736 g/mol. The number of nitrogens with zero attached hydrogens (tertiary/aromatic N) is 4. The van der Waals surface area contributed by atoms with Crippen LogP contribution in [0.5, 0.6) is 0 Å². The lowest BCUT2D eigenvalue weighted by Crippen LogP contribution is -2.16. The molecule has 0 radical (unpaired) electrons. The Balaban J connectivity index is 1.33. The van der Waals surface area contributed by atoms with Crippen molar-refractivity contribution in [1.29, 1.82) is 0 Å². The first kappa shape index (κ1) is 38.8. The fourth-order valence-electron chi connectivity index (χ4n) is 7.03. The molecule has 0 atom stereocenters. The highest BCUT2D eigenvalue weighted by Crippen LogP contribution is 2.29. The molecule has 5 aromatic carbocycles. The van der Waals surface area contributed by atoms with Crippen LogP contribution < -0.4 is 10.4 Å². The van der Waals surface area contributed by atoms with Crippen molar-refractivity contribution in [2.75, 3.05) is 0 Å². The number of aliphatic imine (C=N–C) groups is 4. The van der Waals surface area contributed by atoms with Crippen molar-refractivity contribution in [3.8, 4) is 0 Å². The Kier molecular flexibility index (Phi) is 9.85. The molecule has 0 bridgehead atoms. The van der Waals surface area contributed by atoms with Crippen molar-refractivity contribution < 1.29 is 0 Å². The molecule has 2 aliphatic heterocycles. The van der Waals surface area contributed by atoms with Gasteiger partial charge >= 0.3 is 0 Å². The smallest absolute Gasteiger partial charge is 0.160 e. The highest BCUT2D eigenvalue weighted by molar-refractivity contribution is 6.56. The van der Waals surface area contributed by atoms with Crippen LogP contribution in [-0.2, 0) is 21.7 Å². The lowest BCUT2D eigenvalue weighted by Gasteiger charge is -2.20. The molecule has 2 aliphatic rings. The van der Waals surface area contributed by atoms with Crippen LogP contribution in [0.3, 0.4) is 0 Å². The molecular formula is C52H56N4. The second-order valence-corrected chi connectivity index (χ2v) is 19.4. The molecule has 0 unspecified atom stereocenters. The van der Waals surface area contributed by atoms with Crippen LogP contribution in [0.15, 0.2) is 141 Å². The molecule has 0 saturated heterocycles. The van der Waals surface area contributed by atoms with E-state index in [0.717, 1.165) is 55.5 Å². The standard InChI is InChI=1S/C52H56N4/c1-49(2,3)39-25-17-33(18-26-39)43-44(34-19-27-40(28-20-34)50(4,5)6)54-47(53-43)37-13-15-38(16-14-37)48-55-45(35-21-29-41(30-22-35)51(7,8)9)46(56-48)36-23-31-42(32-24-36)52(10,11)12/h13-32H,1-12H3. The van der Waals surface area contributed by atoms with E-state index >= 15 is 0 Å². The summed E-state index contributed by atoms with van der Waals surface area (Å²) in [5, 5.41) is 1.89. The van der Waals surface area contributed by atoms with E-state index in [1.54, 1.807) is 0 Å². The third-order valence-electron chi connectivity index (χ3n) is 10.8. The average molecular weight is 737 g/mol. The maximum atomic E-state index is 5.20. The van der Waals surface area contributed by atoms with Crippen LogP contribution in [-0.4, -0.2) is 22.8 Å². The molecule has 4 nitrogen and oxygen atoms in total. The van der Waals surface area contributed by atoms with E-state index in [-0.39, 0.29) is 21.7 Å². The molecule has 4 heteroatoms. The molecular weight excluding hydrogens is 681 g/mol. The summed E-state index contributed by atoms with van der Waals surface area (Å²) in [7, 11) is 0. The van der Waals surface area contributed by atoms with Gasteiger partial charge in [0.1, 0.15) is 0 Å². The summed E-state index contributed by atoms with van der Waals surface area (Å²) in [6.07, 6.45) is 0. The Bertz CT molecular complexity index is 2180. The molecule has 0 aromatic heterocycles. The summed E-state index contributed by atoms with van der Waals surface area (Å²) in [4.78, 5) is 20.8. The van der Waals surface area contributed by atoms with E-state index in [2.05, 4.69) is 204 Å². The largest absolute Gasteiger partial charge is 0.226 e. The Labute approximate surface area is 334 Å². The topological polar surface area (TPSA) is 49.4 Å². The second-order valence-electron chi connectivity index (χ2n) is 19.4. The molecule has 0 fully saturated rings. The summed E-state index contributed by atoms with van der Waals surface area (Å²) in [6, 6.07) is 43.5. The molecule has 284 valence electrons. The van der Waals surface area contributed by atoms with Gasteiger partial charge in [0, 0.05) is 32.7 Å². The van der Waals surface area contributed by atoms with E-state index in [1.165, 1.54) is 22.3 Å². The Morgan fingerprint density at radius 1 is 0.250 bits per heavy atom. The first-order valence-electron chi connectivity index (χ1n) is 19.9. The van der Waals surface area contributed by atoms with Gasteiger partial charge in [-0.3, -0.25) is 0 Å². The predicted octanol–water partition coefficient (Wildman–Crippen LogP) is 11.0. The molecule has 0 saturated carbocycles. The van der Waals surface area contributed by atoms with Gasteiger partial charge in [-0.15, -0.1) is 0 Å². The zero-order valence-electron chi connectivity index (χ0n) is 35.3. The van der Waals surface area contributed by atoms with Crippen LogP contribution >= 0.6 is 0 Å². The molecule has 5 aromatic rings. The first-order chi connectivity index (χ1) is 26.3. The average Bonchev–Trinajstić information content (AvgIpc) is 3.80. The Morgan fingerprint density at radius 2 is 0.429 bits per heavy atom. The Morgan fingerprint density at radius 3 is 0.589 bits per heavy atom. The van der Waals surface area contributed by atoms with Gasteiger partial charge in [-0.2, -0.15) is 0 Å². The van der Waals surface area contributed by atoms with E-state index in [1.807, 2.05) is 0 Å². The number of hydrogen-bond acceptors (Lipinski definition) is 4. The third-order valence-corrected chi connectivity index (χ3v) is 10.8. The zero-order chi connectivity index (χ0) is 40.2. The van der Waals surface area contributed by atoms with Crippen LogP contribution in [0, 0.1) is 0 Å². The molecule has 0 aliphatic carbocycles. The van der Waals surface area contributed by atoms with Crippen LogP contribution in [0.4, 0.5) is 0 Å². The van der Waals surface area contributed by atoms with E-state index in [9.17, 15) is 0 Å². The zero-order valence-corrected chi connectivity index (χ0v) is 35.3. The maximum absolute atomic E-state index is 5.20. The second kappa shape index (κ2) is 14.2. The molecule has 7 rings (SSSR count). The lowest BCUT2D eigenvalue weighted by atomic mass is 9.85. The first-order valence-corrected chi connectivity index (χ1v) is 19.9. The highest BCUT2D eigenvalue weighted by atomic mass is 15.0. The highest BCUT2D eigenvalue weighted by Gasteiger charge is 2.25. The summed E-state index contributed by atoms with van der Waals surface area (Å²) in [5.41, 5.74) is 13.2. The van der Waals surface area contributed by atoms with Gasteiger partial charge in [-0.1, -0.05) is 204 Å². The van der Waals surface area contributed by atoms with Crippen LogP contribution in [0.1, 0.15) is 128 Å². The van der Waals surface area contributed by atoms with E-state index in [4.69, 9.17) is 20.0 Å². The van der Waals surface area contributed by atoms with E-state index in [0.29, 0.717) is 11.6 Å². The van der Waals surface area contributed by atoms with Crippen molar-refractivity contribution in [3.63, 3.8) is 0 Å². The lowest BCUT2D eigenvalue weighted by molar-refractivity contribution is 0.590. The number of hydrogen-bond donors (Lipinski definition) is 0. The molecule has 0 spiro atoms. The minimum absolute atomic E-state index is 0.0649. The molecule has 0 N–H and O–H groups in total. The molecule has 0 amide bonds. The normalized spacial score (nSPS) is 15.1. The SMILES string of the molecule is CC(C)(C)c1ccc(C2=NC(=c3ccc(=C4N=C(c5ccc(C(C)(C)C)cc5)C(c5ccc(C(C)(C)C)cc5)=N4)cc3)N=C2c2ccc(C(C)(C)C)cc2)cc1.